The molecule has 6 N–H and O–H groups in total. The van der Waals surface area contributed by atoms with E-state index in [2.05, 4.69) is 31.9 Å². The number of carbonyl (C=O) groups excluding carboxylic acids is 11. The molecule has 3 rings (SSSR count). The number of carbonyl (C=O) groups is 11. The average Bonchev–Trinajstić information content (AvgIpc) is 1.66. The van der Waals surface area contributed by atoms with Gasteiger partial charge >= 0.3 is 66.3 Å². The van der Waals surface area contributed by atoms with E-state index < -0.39 is 103 Å². The number of rotatable bonds is 45. The van der Waals surface area contributed by atoms with Crippen molar-refractivity contribution in [2.75, 3.05) is 86.8 Å². The molecule has 1 aromatic rings. The molecule has 30 heteroatoms. The van der Waals surface area contributed by atoms with Crippen LogP contribution in [0.3, 0.4) is 0 Å². The van der Waals surface area contributed by atoms with Crippen LogP contribution in [0.4, 0.5) is 24.0 Å². The largest absolute Gasteiger partial charge is 0.467 e. The second-order valence-corrected chi connectivity index (χ2v) is 25.6. The summed E-state index contributed by atoms with van der Waals surface area (Å²) in [6.07, 6.45) is 1.79. The van der Waals surface area contributed by atoms with Gasteiger partial charge in [0.2, 0.25) is 0 Å². The molecule has 1 aromatic carbocycles. The number of esters is 6. The van der Waals surface area contributed by atoms with Crippen molar-refractivity contribution < 1.29 is 114 Å². The first-order chi connectivity index (χ1) is 46.7. The summed E-state index contributed by atoms with van der Waals surface area (Å²) >= 11 is 0. The Morgan fingerprint density at radius 1 is 0.429 bits per heavy atom. The number of unbranched alkanes of at least 4 members (excludes halogenated alkanes) is 4. The van der Waals surface area contributed by atoms with Gasteiger partial charge in [-0.3, -0.25) is 4.79 Å². The summed E-state index contributed by atoms with van der Waals surface area (Å²) < 4.78 is 68.5. The lowest BCUT2D eigenvalue weighted by Crippen LogP contribution is -2.45. The van der Waals surface area contributed by atoms with Crippen LogP contribution in [0.15, 0.2) is 30.3 Å². The maximum Gasteiger partial charge on any atom is 0.407 e. The van der Waals surface area contributed by atoms with Gasteiger partial charge in [-0.25, -0.2) is 47.9 Å². The van der Waals surface area contributed by atoms with E-state index in [1.165, 1.54) is 14.0 Å². The molecule has 2 aliphatic rings. The molecule has 98 heavy (non-hydrogen) atoms. The molecule has 558 valence electrons. The molecule has 7 unspecified atom stereocenters. The number of nitrogens with one attached hydrogen (secondary N) is 6. The molecule has 30 nitrogen and oxygen atoms in total. The van der Waals surface area contributed by atoms with Crippen LogP contribution in [0.25, 0.3) is 0 Å². The zero-order chi connectivity index (χ0) is 72.8. The number of alkyl carbamates (subject to hydrolysis) is 5. The van der Waals surface area contributed by atoms with Crippen LogP contribution in [-0.2, 0) is 97.0 Å². The molecule has 0 aliphatic carbocycles. The Kier molecular flexibility index (Phi) is 44.6. The van der Waals surface area contributed by atoms with E-state index in [0.717, 1.165) is 18.5 Å². The number of methoxy groups -OCH3 is 1. The first kappa shape index (κ1) is 86.4. The highest BCUT2D eigenvalue weighted by molar-refractivity contribution is 5.84. The highest BCUT2D eigenvalue weighted by atomic mass is 16.6. The van der Waals surface area contributed by atoms with Gasteiger partial charge in [0.15, 0.2) is 6.10 Å². The number of ether oxygens (including phenoxy) is 13. The Morgan fingerprint density at radius 3 is 1.21 bits per heavy atom. The van der Waals surface area contributed by atoms with Gasteiger partial charge in [-0.2, -0.15) is 0 Å². The highest BCUT2D eigenvalue weighted by Gasteiger charge is 2.48. The summed E-state index contributed by atoms with van der Waals surface area (Å²) in [5, 5.41) is 15.8. The van der Waals surface area contributed by atoms with E-state index in [1.807, 2.05) is 99.7 Å². The van der Waals surface area contributed by atoms with Gasteiger partial charge in [-0.1, -0.05) is 92.6 Å². The Labute approximate surface area is 577 Å². The van der Waals surface area contributed by atoms with Crippen molar-refractivity contribution in [1.29, 1.82) is 0 Å². The van der Waals surface area contributed by atoms with Crippen LogP contribution in [-0.4, -0.2) is 202 Å². The Morgan fingerprint density at radius 2 is 0.806 bits per heavy atom. The van der Waals surface area contributed by atoms with E-state index >= 15 is 0 Å². The normalized spacial score (nSPS) is 16.8. The quantitative estimate of drug-likeness (QED) is 0.0207. The third-order valence-corrected chi connectivity index (χ3v) is 14.7. The smallest absolute Gasteiger partial charge is 0.407 e. The molecule has 0 radical (unpaired) electrons. The number of amides is 5. The summed E-state index contributed by atoms with van der Waals surface area (Å²) in [6, 6.07) is 4.91. The summed E-state index contributed by atoms with van der Waals surface area (Å²) in [6.45, 7) is 20.5. The number of hydrogen-bond donors (Lipinski definition) is 6. The highest BCUT2D eigenvalue weighted by Crippen LogP contribution is 2.32. The molecular weight excluding hydrogens is 1280 g/mol. The SMILES string of the molecule is CNCCCCC(NC(=O)OCCCOC(=O)NC(CC(C)C)C(=O)O[C@@H]1COC2C1OC[C@@H]2C)C(=O)OCc1ccccc1.COC(=O)C(CC(C)C)NC(=O)OCCCOC(=O)NC(CC(C)C)C(=O)OCCCCCCOC(=O)C(CC(C)C)NC(=O)OCCCOC(C)=O. The molecule has 2 saturated heterocycles. The summed E-state index contributed by atoms with van der Waals surface area (Å²) in [5.41, 5.74) is 0.841. The first-order valence-electron chi connectivity index (χ1n) is 34.2. The Hall–Kier alpha value is -7.73. The minimum absolute atomic E-state index is 0.0293. The van der Waals surface area contributed by atoms with E-state index in [1.54, 1.807) is 0 Å². The van der Waals surface area contributed by atoms with Crippen molar-refractivity contribution >= 4 is 66.3 Å². The number of hydrogen-bond acceptors (Lipinski definition) is 25. The van der Waals surface area contributed by atoms with Crippen molar-refractivity contribution in [3.05, 3.63) is 35.9 Å². The predicted molar refractivity (Wildman–Crippen MR) is 355 cm³/mol. The van der Waals surface area contributed by atoms with Crippen LogP contribution < -0.4 is 31.9 Å². The second kappa shape index (κ2) is 50.6. The molecule has 2 heterocycles. The maximum absolute atomic E-state index is 12.9. The van der Waals surface area contributed by atoms with Crippen molar-refractivity contribution in [3.63, 3.8) is 0 Å². The lowest BCUT2D eigenvalue weighted by Gasteiger charge is -2.23. The van der Waals surface area contributed by atoms with Gasteiger partial charge < -0.3 is 93.5 Å². The van der Waals surface area contributed by atoms with Crippen molar-refractivity contribution in [3.8, 4) is 0 Å². The van der Waals surface area contributed by atoms with E-state index in [0.29, 0.717) is 77.2 Å². The fraction of sp³-hybridized carbons (Fsp3) is 0.750. The number of benzene rings is 1. The van der Waals surface area contributed by atoms with Crippen LogP contribution in [0, 0.1) is 29.6 Å². The monoisotopic (exact) mass is 1400 g/mol. The topological polar surface area (TPSA) is 380 Å². The third kappa shape index (κ3) is 39.6. The molecule has 2 aliphatic heterocycles. The first-order valence-corrected chi connectivity index (χ1v) is 34.2. The zero-order valence-electron chi connectivity index (χ0n) is 59.6. The second-order valence-electron chi connectivity index (χ2n) is 25.6. The predicted octanol–water partition coefficient (Wildman–Crippen LogP) is 7.66. The van der Waals surface area contributed by atoms with E-state index in [9.17, 15) is 52.7 Å². The summed E-state index contributed by atoms with van der Waals surface area (Å²) in [4.78, 5) is 135. The van der Waals surface area contributed by atoms with Crippen molar-refractivity contribution in [2.24, 2.45) is 29.6 Å². The van der Waals surface area contributed by atoms with Gasteiger partial charge in [0.1, 0.15) is 42.9 Å². The third-order valence-electron chi connectivity index (χ3n) is 14.7. The molecule has 0 spiro atoms. The van der Waals surface area contributed by atoms with Gasteiger partial charge in [-0.15, -0.1) is 0 Å². The van der Waals surface area contributed by atoms with Crippen LogP contribution in [0.1, 0.15) is 165 Å². The van der Waals surface area contributed by atoms with E-state index in [4.69, 9.17) is 61.6 Å². The lowest BCUT2D eigenvalue weighted by molar-refractivity contribution is -0.156. The molecule has 2 fully saturated rings. The zero-order valence-corrected chi connectivity index (χ0v) is 59.6. The Balaban J connectivity index is 0.000000674. The van der Waals surface area contributed by atoms with Gasteiger partial charge in [-0.05, 0) is 113 Å². The average molecular weight is 1400 g/mol. The summed E-state index contributed by atoms with van der Waals surface area (Å²) in [7, 11) is 3.08. The minimum Gasteiger partial charge on any atom is -0.467 e. The molecule has 5 amide bonds. The fourth-order valence-corrected chi connectivity index (χ4v) is 9.84. The van der Waals surface area contributed by atoms with Crippen LogP contribution >= 0.6 is 0 Å². The molecular formula is C68H112N6O24. The molecule has 9 atom stereocenters. The van der Waals surface area contributed by atoms with Gasteiger partial charge in [0.05, 0.1) is 79.3 Å². The van der Waals surface area contributed by atoms with Crippen LogP contribution in [0.2, 0.25) is 0 Å². The van der Waals surface area contributed by atoms with Crippen LogP contribution in [0.5, 0.6) is 0 Å². The van der Waals surface area contributed by atoms with Crippen molar-refractivity contribution in [1.82, 2.24) is 31.9 Å². The summed E-state index contributed by atoms with van der Waals surface area (Å²) in [5.74, 6) is -2.60. The van der Waals surface area contributed by atoms with Gasteiger partial charge in [0.25, 0.3) is 0 Å². The molecule has 0 bridgehead atoms. The minimum atomic E-state index is -0.912. The van der Waals surface area contributed by atoms with E-state index in [-0.39, 0.29) is 121 Å². The van der Waals surface area contributed by atoms with Crippen molar-refractivity contribution in [2.45, 2.75) is 214 Å². The Bertz CT molecular complexity index is 2530. The maximum atomic E-state index is 12.9. The number of fused-ring (bicyclic) bond motifs is 1. The standard InChI is InChI=1S/C36H63N3O14.C32H49N3O10/c1-24(2)21-28(31(41)47-8)37-34(44)52-19-14-20-53-36(46)39-30(23-26(5)6)33(43)50-16-12-10-9-11-15-49-32(42)29(22-25(3)4)38-35(45)51-18-13-17-48-27(7)40;1-21(2)17-25(30(37)45-26-20-43-27-22(3)18-42-28(26)27)35-32(39)41-16-10-15-40-31(38)34-24(13-8-9-14-33-4)29(36)44-19-23-11-6-5-7-12-23/h24-26,28-30H,9-23H2,1-8H3,(H,37,44)(H,38,45)(H,39,46);5-7,11-12,21-22,24-28,33H,8-10,13-20H2,1-4H3,(H,34,38)(H,35,39)/t;22-,24?,25?,26+,27?,28?/m.0/s1. The molecule has 0 aromatic heterocycles. The lowest BCUT2D eigenvalue weighted by atomic mass is 10.0. The fourth-order valence-electron chi connectivity index (χ4n) is 9.84. The molecule has 0 saturated carbocycles. The van der Waals surface area contributed by atoms with Gasteiger partial charge in [0, 0.05) is 32.1 Å².